The average molecular weight is 366 g/mol. The molecule has 0 aromatic heterocycles. The van der Waals surface area contributed by atoms with Crippen molar-refractivity contribution < 1.29 is 27.9 Å². The van der Waals surface area contributed by atoms with E-state index in [-0.39, 0.29) is 50.8 Å². The Morgan fingerprint density at radius 1 is 1.20 bits per heavy atom. The molecule has 0 bridgehead atoms. The standard InChI is InChI=1S/C15H25F3N4O3/c1-2-21(9-13(23)24)12-7-11(8-12)19-14(25)22-5-3-20(4-6-22)10-15(16,17)18/h11-12H,2-10H2,1H3,(H,19,25)(H,23,24). The minimum Gasteiger partial charge on any atom is -0.480 e. The zero-order valence-electron chi connectivity index (χ0n) is 14.3. The molecule has 2 fully saturated rings. The number of urea groups is 1. The van der Waals surface area contributed by atoms with Crippen molar-refractivity contribution in [3.05, 3.63) is 0 Å². The number of hydrogen-bond donors (Lipinski definition) is 2. The normalized spacial score (nSPS) is 24.9. The summed E-state index contributed by atoms with van der Waals surface area (Å²) in [5.74, 6) is -0.869. The van der Waals surface area contributed by atoms with Gasteiger partial charge in [0.25, 0.3) is 0 Å². The lowest BCUT2D eigenvalue weighted by molar-refractivity contribution is -0.148. The van der Waals surface area contributed by atoms with Crippen LogP contribution in [-0.2, 0) is 4.79 Å². The van der Waals surface area contributed by atoms with E-state index >= 15 is 0 Å². The highest BCUT2D eigenvalue weighted by atomic mass is 19.4. The summed E-state index contributed by atoms with van der Waals surface area (Å²) in [4.78, 5) is 27.7. The number of amides is 2. The average Bonchev–Trinajstić information content (AvgIpc) is 2.47. The lowest BCUT2D eigenvalue weighted by atomic mass is 9.85. The lowest BCUT2D eigenvalue weighted by Gasteiger charge is -2.43. The van der Waals surface area contributed by atoms with Gasteiger partial charge in [-0.3, -0.25) is 14.6 Å². The maximum absolute atomic E-state index is 12.4. The van der Waals surface area contributed by atoms with Gasteiger partial charge in [0.2, 0.25) is 0 Å². The summed E-state index contributed by atoms with van der Waals surface area (Å²) in [6, 6.07) is -0.111. The number of rotatable bonds is 6. The van der Waals surface area contributed by atoms with Gasteiger partial charge in [0, 0.05) is 38.3 Å². The molecule has 0 aromatic carbocycles. The van der Waals surface area contributed by atoms with Crippen LogP contribution in [0.2, 0.25) is 0 Å². The molecular formula is C15H25F3N4O3. The lowest BCUT2D eigenvalue weighted by Crippen LogP contribution is -2.59. The first-order chi connectivity index (χ1) is 11.7. The Morgan fingerprint density at radius 2 is 1.80 bits per heavy atom. The quantitative estimate of drug-likeness (QED) is 0.728. The number of carboxylic acid groups (broad SMARTS) is 1. The molecule has 1 aliphatic heterocycles. The van der Waals surface area contributed by atoms with E-state index in [0.29, 0.717) is 19.4 Å². The van der Waals surface area contributed by atoms with Crippen molar-refractivity contribution in [2.45, 2.75) is 38.0 Å². The molecule has 25 heavy (non-hydrogen) atoms. The highest BCUT2D eigenvalue weighted by Crippen LogP contribution is 2.26. The fourth-order valence-electron chi connectivity index (χ4n) is 3.31. The van der Waals surface area contributed by atoms with Gasteiger partial charge in [-0.25, -0.2) is 4.79 Å². The number of alkyl halides is 3. The van der Waals surface area contributed by atoms with Crippen LogP contribution in [0.15, 0.2) is 0 Å². The van der Waals surface area contributed by atoms with E-state index in [1.165, 1.54) is 9.80 Å². The predicted octanol–water partition coefficient (Wildman–Crippen LogP) is 0.813. The van der Waals surface area contributed by atoms with Crippen molar-refractivity contribution in [1.82, 2.24) is 20.0 Å². The van der Waals surface area contributed by atoms with Crippen LogP contribution in [-0.4, -0.2) is 95.9 Å². The molecule has 1 saturated heterocycles. The second-order valence-corrected chi connectivity index (χ2v) is 6.61. The van der Waals surface area contributed by atoms with E-state index in [9.17, 15) is 22.8 Å². The Balaban J connectivity index is 1.68. The molecular weight excluding hydrogens is 341 g/mol. The first kappa shape index (κ1) is 19.8. The van der Waals surface area contributed by atoms with Gasteiger partial charge in [-0.1, -0.05) is 6.92 Å². The summed E-state index contributed by atoms with van der Waals surface area (Å²) in [6.45, 7) is 2.56. The molecule has 144 valence electrons. The van der Waals surface area contributed by atoms with Crippen molar-refractivity contribution in [3.63, 3.8) is 0 Å². The third-order valence-electron chi connectivity index (χ3n) is 4.76. The van der Waals surface area contributed by atoms with Gasteiger partial charge >= 0.3 is 18.2 Å². The SMILES string of the molecule is CCN(CC(=O)O)C1CC(NC(=O)N2CCN(CC(F)(F)F)CC2)C1. The van der Waals surface area contributed by atoms with Gasteiger partial charge in [0.05, 0.1) is 13.1 Å². The number of hydrogen-bond acceptors (Lipinski definition) is 4. The fourth-order valence-corrected chi connectivity index (χ4v) is 3.31. The number of nitrogens with one attached hydrogen (secondary N) is 1. The van der Waals surface area contributed by atoms with E-state index in [2.05, 4.69) is 5.32 Å². The first-order valence-corrected chi connectivity index (χ1v) is 8.48. The Bertz CT molecular complexity index is 475. The summed E-state index contributed by atoms with van der Waals surface area (Å²) in [6.07, 6.45) is -2.83. The van der Waals surface area contributed by atoms with Crippen LogP contribution in [0, 0.1) is 0 Å². The van der Waals surface area contributed by atoms with Crippen molar-refractivity contribution in [2.75, 3.05) is 45.8 Å². The fraction of sp³-hybridized carbons (Fsp3) is 0.867. The molecule has 0 atom stereocenters. The van der Waals surface area contributed by atoms with Crippen molar-refractivity contribution in [3.8, 4) is 0 Å². The topological polar surface area (TPSA) is 76.1 Å². The number of carboxylic acids is 1. The number of carbonyl (C=O) groups is 2. The van der Waals surface area contributed by atoms with Gasteiger partial charge in [0.1, 0.15) is 0 Å². The highest BCUT2D eigenvalue weighted by Gasteiger charge is 2.36. The van der Waals surface area contributed by atoms with Gasteiger partial charge in [-0.2, -0.15) is 13.2 Å². The molecule has 2 N–H and O–H groups in total. The van der Waals surface area contributed by atoms with Crippen molar-refractivity contribution >= 4 is 12.0 Å². The molecule has 2 rings (SSSR count). The smallest absolute Gasteiger partial charge is 0.401 e. The number of nitrogens with zero attached hydrogens (tertiary/aromatic N) is 3. The third kappa shape index (κ3) is 6.03. The summed E-state index contributed by atoms with van der Waals surface area (Å²) in [5, 5.41) is 11.7. The van der Waals surface area contributed by atoms with E-state index in [4.69, 9.17) is 5.11 Å². The third-order valence-corrected chi connectivity index (χ3v) is 4.76. The molecule has 1 heterocycles. The van der Waals surface area contributed by atoms with Crippen LogP contribution in [0.1, 0.15) is 19.8 Å². The summed E-state index contributed by atoms with van der Waals surface area (Å²) in [5.41, 5.74) is 0. The van der Waals surface area contributed by atoms with Gasteiger partial charge in [0.15, 0.2) is 0 Å². The largest absolute Gasteiger partial charge is 0.480 e. The van der Waals surface area contributed by atoms with Gasteiger partial charge < -0.3 is 15.3 Å². The molecule has 0 unspecified atom stereocenters. The maximum Gasteiger partial charge on any atom is 0.401 e. The zero-order valence-corrected chi connectivity index (χ0v) is 14.3. The predicted molar refractivity (Wildman–Crippen MR) is 84.3 cm³/mol. The summed E-state index contributed by atoms with van der Waals surface area (Å²) in [7, 11) is 0. The second kappa shape index (κ2) is 8.22. The Hall–Kier alpha value is -1.55. The maximum atomic E-state index is 12.4. The number of halogens is 3. The van der Waals surface area contributed by atoms with Gasteiger partial charge in [-0.05, 0) is 19.4 Å². The number of piperazine rings is 1. The molecule has 2 amide bonds. The van der Waals surface area contributed by atoms with E-state index in [0.717, 1.165) is 0 Å². The van der Waals surface area contributed by atoms with Crippen LogP contribution in [0.25, 0.3) is 0 Å². The molecule has 0 aromatic rings. The molecule has 0 spiro atoms. The summed E-state index contributed by atoms with van der Waals surface area (Å²) < 4.78 is 37.1. The molecule has 2 aliphatic rings. The van der Waals surface area contributed by atoms with Crippen LogP contribution in [0.4, 0.5) is 18.0 Å². The first-order valence-electron chi connectivity index (χ1n) is 8.48. The van der Waals surface area contributed by atoms with E-state index in [1.807, 2.05) is 11.8 Å². The molecule has 1 aliphatic carbocycles. The van der Waals surface area contributed by atoms with Gasteiger partial charge in [-0.15, -0.1) is 0 Å². The number of carbonyl (C=O) groups excluding carboxylic acids is 1. The second-order valence-electron chi connectivity index (χ2n) is 6.61. The monoisotopic (exact) mass is 366 g/mol. The van der Waals surface area contributed by atoms with E-state index in [1.54, 1.807) is 0 Å². The van der Waals surface area contributed by atoms with E-state index < -0.39 is 18.7 Å². The molecule has 0 radical (unpaired) electrons. The van der Waals surface area contributed by atoms with Crippen LogP contribution >= 0.6 is 0 Å². The molecule has 10 heteroatoms. The Morgan fingerprint density at radius 3 is 2.28 bits per heavy atom. The summed E-state index contributed by atoms with van der Waals surface area (Å²) >= 11 is 0. The Kier molecular flexibility index (Phi) is 6.50. The van der Waals surface area contributed by atoms with Crippen molar-refractivity contribution in [1.29, 1.82) is 0 Å². The van der Waals surface area contributed by atoms with Crippen molar-refractivity contribution in [2.24, 2.45) is 0 Å². The number of likely N-dealkylation sites (N-methyl/N-ethyl adjacent to an activating group) is 1. The minimum atomic E-state index is -4.22. The number of aliphatic carboxylic acids is 1. The molecule has 7 nitrogen and oxygen atoms in total. The highest BCUT2D eigenvalue weighted by molar-refractivity contribution is 5.74. The Labute approximate surface area is 144 Å². The van der Waals surface area contributed by atoms with Crippen LogP contribution in [0.3, 0.4) is 0 Å². The van der Waals surface area contributed by atoms with Crippen LogP contribution < -0.4 is 5.32 Å². The zero-order chi connectivity index (χ0) is 18.6. The minimum absolute atomic E-state index is 0.00597. The van der Waals surface area contributed by atoms with Crippen LogP contribution in [0.5, 0.6) is 0 Å². The molecule has 1 saturated carbocycles.